The minimum atomic E-state index is -0.302. The summed E-state index contributed by atoms with van der Waals surface area (Å²) < 4.78 is 12.4. The Morgan fingerprint density at radius 1 is 1.13 bits per heavy atom. The van der Waals surface area contributed by atoms with Gasteiger partial charge in [0.15, 0.2) is 12.6 Å². The highest BCUT2D eigenvalue weighted by molar-refractivity contribution is 7.22. The zero-order chi connectivity index (χ0) is 15.8. The Kier molecular flexibility index (Phi) is 3.73. The second-order valence-corrected chi connectivity index (χ2v) is 6.66. The number of carbonyl (C=O) groups excluding carboxylic acids is 1. The number of rotatable bonds is 3. The maximum atomic E-state index is 11.6. The first-order chi connectivity index (χ1) is 11.3. The lowest BCUT2D eigenvalue weighted by Crippen LogP contribution is -2.01. The number of benzene rings is 2. The van der Waals surface area contributed by atoms with Gasteiger partial charge >= 0.3 is 0 Å². The summed E-state index contributed by atoms with van der Waals surface area (Å²) in [5.41, 5.74) is 3.96. The fourth-order valence-electron chi connectivity index (χ4n) is 2.97. The van der Waals surface area contributed by atoms with Gasteiger partial charge in [0, 0.05) is 26.1 Å². The molecule has 0 N–H and O–H groups in total. The topological polar surface area (TPSA) is 35.5 Å². The Morgan fingerprint density at radius 2 is 1.91 bits per heavy atom. The molecule has 1 aromatic heterocycles. The van der Waals surface area contributed by atoms with Gasteiger partial charge in [0.05, 0.1) is 13.2 Å². The van der Waals surface area contributed by atoms with Crippen LogP contribution in [0.15, 0.2) is 42.5 Å². The molecular formula is C19H16O3S. The van der Waals surface area contributed by atoms with Gasteiger partial charge in [-0.1, -0.05) is 30.3 Å². The van der Waals surface area contributed by atoms with Crippen molar-refractivity contribution in [1.29, 1.82) is 0 Å². The number of thiophene rings is 1. The van der Waals surface area contributed by atoms with Crippen LogP contribution in [0.2, 0.25) is 0 Å². The average molecular weight is 324 g/mol. The highest BCUT2D eigenvalue weighted by Gasteiger charge is 2.22. The zero-order valence-electron chi connectivity index (χ0n) is 12.7. The molecule has 0 aliphatic carbocycles. The number of hydrogen-bond donors (Lipinski definition) is 0. The summed E-state index contributed by atoms with van der Waals surface area (Å²) in [6.07, 6.45) is 0.653. The zero-order valence-corrected chi connectivity index (χ0v) is 13.6. The van der Waals surface area contributed by atoms with E-state index < -0.39 is 0 Å². The van der Waals surface area contributed by atoms with Crippen molar-refractivity contribution in [3.63, 3.8) is 0 Å². The number of hydrogen-bond acceptors (Lipinski definition) is 4. The summed E-state index contributed by atoms with van der Waals surface area (Å²) in [5.74, 6) is 0. The third kappa shape index (κ3) is 2.49. The van der Waals surface area contributed by atoms with Gasteiger partial charge in [0.25, 0.3) is 0 Å². The molecule has 0 unspecified atom stereocenters. The van der Waals surface area contributed by atoms with Crippen LogP contribution in [0, 0.1) is 6.92 Å². The third-order valence-corrected chi connectivity index (χ3v) is 5.40. The Hall–Kier alpha value is -2.01. The van der Waals surface area contributed by atoms with Crippen molar-refractivity contribution in [2.45, 2.75) is 13.2 Å². The quantitative estimate of drug-likeness (QED) is 0.653. The molecular weight excluding hydrogens is 308 g/mol. The highest BCUT2D eigenvalue weighted by Crippen LogP contribution is 2.39. The number of carbonyl (C=O) groups is 1. The van der Waals surface area contributed by atoms with Crippen LogP contribution in [0.5, 0.6) is 0 Å². The van der Waals surface area contributed by atoms with E-state index in [4.69, 9.17) is 9.47 Å². The van der Waals surface area contributed by atoms with Crippen LogP contribution in [0.1, 0.15) is 27.8 Å². The summed E-state index contributed by atoms with van der Waals surface area (Å²) in [4.78, 5) is 12.6. The molecule has 1 fully saturated rings. The van der Waals surface area contributed by atoms with E-state index >= 15 is 0 Å². The fraction of sp³-hybridized carbons (Fsp3) is 0.211. The van der Waals surface area contributed by atoms with Crippen molar-refractivity contribution >= 4 is 27.7 Å². The van der Waals surface area contributed by atoms with Crippen molar-refractivity contribution in [2.24, 2.45) is 0 Å². The van der Waals surface area contributed by atoms with Crippen LogP contribution in [0.4, 0.5) is 0 Å². The van der Waals surface area contributed by atoms with E-state index in [1.807, 2.05) is 18.2 Å². The van der Waals surface area contributed by atoms with Gasteiger partial charge in [-0.2, -0.15) is 0 Å². The monoisotopic (exact) mass is 324 g/mol. The second-order valence-electron chi connectivity index (χ2n) is 5.60. The summed E-state index contributed by atoms with van der Waals surface area (Å²) in [6, 6.07) is 14.2. The molecule has 3 aromatic rings. The summed E-state index contributed by atoms with van der Waals surface area (Å²) in [7, 11) is 0. The van der Waals surface area contributed by atoms with Crippen LogP contribution >= 0.6 is 11.3 Å². The number of aldehydes is 1. The minimum Gasteiger partial charge on any atom is -0.346 e. The molecule has 23 heavy (non-hydrogen) atoms. The Labute approximate surface area is 138 Å². The normalized spacial score (nSPS) is 15.3. The maximum Gasteiger partial charge on any atom is 0.184 e. The molecule has 4 heteroatoms. The van der Waals surface area contributed by atoms with E-state index in [-0.39, 0.29) is 6.29 Å². The van der Waals surface area contributed by atoms with E-state index in [1.165, 1.54) is 0 Å². The lowest BCUT2D eigenvalue weighted by atomic mass is 10.0. The number of aryl methyl sites for hydroxylation is 1. The van der Waals surface area contributed by atoms with Crippen molar-refractivity contribution in [3.8, 4) is 10.4 Å². The predicted octanol–water partition coefficient (Wildman–Crippen LogP) is 4.73. The average Bonchev–Trinajstić information content (AvgIpc) is 3.22. The molecule has 116 valence electrons. The first kappa shape index (κ1) is 14.6. The standard InChI is InChI=1S/C19H16O3S/c1-12-6-7-13(10-15(12)19-21-8-9-22-19)18-16(11-20)14-4-2-3-5-17(14)23-18/h2-7,10-11,19H,8-9H2,1H3. The van der Waals surface area contributed by atoms with Crippen molar-refractivity contribution < 1.29 is 14.3 Å². The lowest BCUT2D eigenvalue weighted by Gasteiger charge is -2.14. The van der Waals surface area contributed by atoms with Gasteiger partial charge in [-0.3, -0.25) is 4.79 Å². The molecule has 2 heterocycles. The molecule has 0 radical (unpaired) electrons. The highest BCUT2D eigenvalue weighted by atomic mass is 32.1. The van der Waals surface area contributed by atoms with Gasteiger partial charge in [0.2, 0.25) is 0 Å². The Morgan fingerprint density at radius 3 is 2.70 bits per heavy atom. The van der Waals surface area contributed by atoms with Gasteiger partial charge in [0.1, 0.15) is 0 Å². The predicted molar refractivity (Wildman–Crippen MR) is 92.0 cm³/mol. The molecule has 4 rings (SSSR count). The molecule has 1 aliphatic heterocycles. The van der Waals surface area contributed by atoms with Crippen molar-refractivity contribution in [1.82, 2.24) is 0 Å². The summed E-state index contributed by atoms with van der Waals surface area (Å²) in [5, 5.41) is 1.01. The van der Waals surface area contributed by atoms with Crippen LogP contribution in [0.3, 0.4) is 0 Å². The summed E-state index contributed by atoms with van der Waals surface area (Å²) in [6.45, 7) is 3.29. The second kappa shape index (κ2) is 5.89. The van der Waals surface area contributed by atoms with Gasteiger partial charge in [-0.05, 0) is 30.2 Å². The molecule has 2 aromatic carbocycles. The minimum absolute atomic E-state index is 0.302. The van der Waals surface area contributed by atoms with Crippen molar-refractivity contribution in [3.05, 3.63) is 59.2 Å². The lowest BCUT2D eigenvalue weighted by molar-refractivity contribution is -0.0445. The van der Waals surface area contributed by atoms with Crippen LogP contribution in [0.25, 0.3) is 20.5 Å². The largest absolute Gasteiger partial charge is 0.346 e. The molecule has 1 aliphatic rings. The third-order valence-electron chi connectivity index (χ3n) is 4.17. The molecule has 0 atom stereocenters. The molecule has 0 bridgehead atoms. The first-order valence-electron chi connectivity index (χ1n) is 7.59. The smallest absolute Gasteiger partial charge is 0.184 e. The molecule has 0 saturated carbocycles. The number of ether oxygens (including phenoxy) is 2. The summed E-state index contributed by atoms with van der Waals surface area (Å²) >= 11 is 1.65. The van der Waals surface area contributed by atoms with E-state index in [0.29, 0.717) is 13.2 Å². The first-order valence-corrected chi connectivity index (χ1v) is 8.40. The van der Waals surface area contributed by atoms with E-state index in [2.05, 4.69) is 31.2 Å². The van der Waals surface area contributed by atoms with Crippen LogP contribution < -0.4 is 0 Å². The van der Waals surface area contributed by atoms with Crippen LogP contribution in [-0.4, -0.2) is 19.5 Å². The van der Waals surface area contributed by atoms with E-state index in [9.17, 15) is 4.79 Å². The SMILES string of the molecule is Cc1ccc(-c2sc3ccccc3c2C=O)cc1C1OCCO1. The number of fused-ring (bicyclic) bond motifs is 1. The van der Waals surface area contributed by atoms with E-state index in [0.717, 1.165) is 43.5 Å². The molecule has 1 saturated heterocycles. The van der Waals surface area contributed by atoms with E-state index in [1.54, 1.807) is 11.3 Å². The van der Waals surface area contributed by atoms with Crippen molar-refractivity contribution in [2.75, 3.05) is 13.2 Å². The van der Waals surface area contributed by atoms with Crippen LogP contribution in [-0.2, 0) is 9.47 Å². The Bertz CT molecular complexity index is 875. The molecule has 0 amide bonds. The molecule has 3 nitrogen and oxygen atoms in total. The maximum absolute atomic E-state index is 11.6. The van der Waals surface area contributed by atoms with Gasteiger partial charge < -0.3 is 9.47 Å². The Balaban J connectivity index is 1.87. The fourth-order valence-corrected chi connectivity index (χ4v) is 4.14. The molecule has 0 spiro atoms. The van der Waals surface area contributed by atoms with Gasteiger partial charge in [-0.25, -0.2) is 0 Å². The van der Waals surface area contributed by atoms with Gasteiger partial charge in [-0.15, -0.1) is 11.3 Å².